The molecule has 2 aromatic carbocycles. The lowest BCUT2D eigenvalue weighted by atomic mass is 9.89. The number of hydrogen-bond acceptors (Lipinski definition) is 4. The molecule has 1 saturated heterocycles. The molecule has 2 aliphatic rings. The van der Waals surface area contributed by atoms with Gasteiger partial charge < -0.3 is 19.5 Å². The van der Waals surface area contributed by atoms with Crippen LogP contribution in [0.2, 0.25) is 0 Å². The molecule has 25 heavy (non-hydrogen) atoms. The standard InChI is InChI=1S/C20H19NO3S/c22-16-6-7-17-18(12-16)23-13-19(24-17)20(25)21-10-8-15(9-11-21)14-4-2-1-3-5-14/h1-7,12-13,15,22H,8-11H2. The number of fused-ring (bicyclic) bond motifs is 1. The maximum Gasteiger partial charge on any atom is 0.197 e. The highest BCUT2D eigenvalue weighted by molar-refractivity contribution is 7.80. The molecule has 5 heteroatoms. The van der Waals surface area contributed by atoms with Crippen LogP contribution in [0, 0.1) is 0 Å². The number of ether oxygens (including phenoxy) is 2. The number of rotatable bonds is 2. The Morgan fingerprint density at radius 3 is 2.56 bits per heavy atom. The Balaban J connectivity index is 1.40. The number of nitrogens with zero attached hydrogens (tertiary/aromatic N) is 1. The molecular weight excluding hydrogens is 334 g/mol. The van der Waals surface area contributed by atoms with Gasteiger partial charge in [-0.15, -0.1) is 0 Å². The van der Waals surface area contributed by atoms with E-state index in [0.29, 0.717) is 28.2 Å². The van der Waals surface area contributed by atoms with Gasteiger partial charge in [0.1, 0.15) is 17.0 Å². The molecule has 1 N–H and O–H groups in total. The number of hydrogen-bond donors (Lipinski definition) is 1. The number of benzene rings is 2. The third kappa shape index (κ3) is 3.33. The number of piperidine rings is 1. The van der Waals surface area contributed by atoms with E-state index in [0.717, 1.165) is 25.9 Å². The van der Waals surface area contributed by atoms with Gasteiger partial charge >= 0.3 is 0 Å². The van der Waals surface area contributed by atoms with Gasteiger partial charge in [0.05, 0.1) is 0 Å². The monoisotopic (exact) mass is 353 g/mol. The van der Waals surface area contributed by atoms with Crippen molar-refractivity contribution < 1.29 is 14.6 Å². The minimum absolute atomic E-state index is 0.143. The van der Waals surface area contributed by atoms with Crippen LogP contribution in [0.1, 0.15) is 24.3 Å². The maximum absolute atomic E-state index is 9.50. The quantitative estimate of drug-likeness (QED) is 0.819. The fourth-order valence-electron chi connectivity index (χ4n) is 3.32. The van der Waals surface area contributed by atoms with Crippen molar-refractivity contribution in [3.05, 3.63) is 66.1 Å². The molecule has 0 amide bonds. The highest BCUT2D eigenvalue weighted by atomic mass is 32.1. The first-order valence-corrected chi connectivity index (χ1v) is 8.83. The highest BCUT2D eigenvalue weighted by Gasteiger charge is 2.26. The molecule has 0 aliphatic carbocycles. The summed E-state index contributed by atoms with van der Waals surface area (Å²) in [5.74, 6) is 2.34. The van der Waals surface area contributed by atoms with Crippen molar-refractivity contribution in [2.24, 2.45) is 0 Å². The number of phenols is 1. The van der Waals surface area contributed by atoms with Crippen LogP contribution in [-0.4, -0.2) is 28.1 Å². The van der Waals surface area contributed by atoms with E-state index in [1.165, 1.54) is 17.9 Å². The summed E-state index contributed by atoms with van der Waals surface area (Å²) in [5.41, 5.74) is 1.40. The second kappa shape index (κ2) is 6.76. The fraction of sp³-hybridized carbons (Fsp3) is 0.250. The first kappa shape index (κ1) is 16.0. The highest BCUT2D eigenvalue weighted by Crippen LogP contribution is 2.36. The van der Waals surface area contributed by atoms with Gasteiger partial charge in [0, 0.05) is 19.2 Å². The second-order valence-corrected chi connectivity index (χ2v) is 6.70. The molecule has 0 saturated carbocycles. The summed E-state index contributed by atoms with van der Waals surface area (Å²) in [7, 11) is 0. The Bertz CT molecular complexity index is 811. The van der Waals surface area contributed by atoms with Crippen molar-refractivity contribution in [2.45, 2.75) is 18.8 Å². The lowest BCUT2D eigenvalue weighted by Crippen LogP contribution is -2.39. The van der Waals surface area contributed by atoms with Gasteiger partial charge in [0.25, 0.3) is 0 Å². The van der Waals surface area contributed by atoms with Crippen LogP contribution in [-0.2, 0) is 0 Å². The first-order chi connectivity index (χ1) is 12.2. The zero-order valence-corrected chi connectivity index (χ0v) is 14.5. The molecule has 0 spiro atoms. The van der Waals surface area contributed by atoms with Crippen LogP contribution in [0.15, 0.2) is 60.6 Å². The van der Waals surface area contributed by atoms with E-state index in [-0.39, 0.29) is 5.75 Å². The average Bonchev–Trinajstić information content (AvgIpc) is 2.68. The van der Waals surface area contributed by atoms with Crippen molar-refractivity contribution in [1.82, 2.24) is 4.90 Å². The largest absolute Gasteiger partial charge is 0.508 e. The van der Waals surface area contributed by atoms with E-state index in [1.54, 1.807) is 12.1 Å². The van der Waals surface area contributed by atoms with Crippen LogP contribution in [0.3, 0.4) is 0 Å². The van der Waals surface area contributed by atoms with Crippen LogP contribution in [0.4, 0.5) is 0 Å². The fourth-order valence-corrected chi connectivity index (χ4v) is 3.60. The van der Waals surface area contributed by atoms with Gasteiger partial charge in [-0.25, -0.2) is 0 Å². The van der Waals surface area contributed by atoms with Crippen molar-refractivity contribution in [1.29, 1.82) is 0 Å². The summed E-state index contributed by atoms with van der Waals surface area (Å²) in [5, 5.41) is 9.50. The van der Waals surface area contributed by atoms with E-state index in [4.69, 9.17) is 21.7 Å². The van der Waals surface area contributed by atoms with Gasteiger partial charge in [-0.3, -0.25) is 0 Å². The van der Waals surface area contributed by atoms with E-state index in [1.807, 2.05) is 0 Å². The predicted octanol–water partition coefficient (Wildman–Crippen LogP) is 4.21. The predicted molar refractivity (Wildman–Crippen MR) is 100 cm³/mol. The molecule has 0 aromatic heterocycles. The molecule has 2 aromatic rings. The molecule has 0 unspecified atom stereocenters. The Morgan fingerprint density at radius 2 is 1.80 bits per heavy atom. The molecular formula is C20H19NO3S. The lowest BCUT2D eigenvalue weighted by molar-refractivity contribution is 0.294. The minimum atomic E-state index is 0.143. The lowest BCUT2D eigenvalue weighted by Gasteiger charge is -2.34. The SMILES string of the molecule is Oc1ccc2c(c1)OC=C(C(=S)N1CCC(c3ccccc3)CC1)O2. The minimum Gasteiger partial charge on any atom is -0.508 e. The Hall–Kier alpha value is -2.53. The number of aromatic hydroxyl groups is 1. The van der Waals surface area contributed by atoms with Crippen LogP contribution in [0.5, 0.6) is 17.2 Å². The van der Waals surface area contributed by atoms with Crippen LogP contribution >= 0.6 is 12.2 Å². The van der Waals surface area contributed by atoms with Gasteiger partial charge in [-0.05, 0) is 36.5 Å². The van der Waals surface area contributed by atoms with Crippen molar-refractivity contribution >= 4 is 17.2 Å². The topological polar surface area (TPSA) is 41.9 Å². The smallest absolute Gasteiger partial charge is 0.197 e. The maximum atomic E-state index is 9.50. The van der Waals surface area contributed by atoms with Gasteiger partial charge in [0.2, 0.25) is 0 Å². The molecule has 1 fully saturated rings. The number of likely N-dealkylation sites (tertiary alicyclic amines) is 1. The summed E-state index contributed by atoms with van der Waals surface area (Å²) in [6.07, 6.45) is 3.67. The number of phenolic OH excluding ortho intramolecular Hbond substituents is 1. The molecule has 128 valence electrons. The average molecular weight is 353 g/mol. The molecule has 4 nitrogen and oxygen atoms in total. The molecule has 2 aliphatic heterocycles. The summed E-state index contributed by atoms with van der Waals surface area (Å²) in [6.45, 7) is 1.81. The number of thiocarbonyl (C=S) groups is 1. The van der Waals surface area contributed by atoms with Crippen molar-refractivity contribution in [2.75, 3.05) is 13.1 Å². The summed E-state index contributed by atoms with van der Waals surface area (Å²) < 4.78 is 11.4. The van der Waals surface area contributed by atoms with Crippen LogP contribution < -0.4 is 9.47 Å². The summed E-state index contributed by atoms with van der Waals surface area (Å²) >= 11 is 5.61. The summed E-state index contributed by atoms with van der Waals surface area (Å²) in [6, 6.07) is 15.4. The Morgan fingerprint density at radius 1 is 1.04 bits per heavy atom. The summed E-state index contributed by atoms with van der Waals surface area (Å²) in [4.78, 5) is 2.85. The second-order valence-electron chi connectivity index (χ2n) is 6.31. The third-order valence-electron chi connectivity index (χ3n) is 4.70. The normalized spacial score (nSPS) is 17.1. The van der Waals surface area contributed by atoms with Crippen molar-refractivity contribution in [3.63, 3.8) is 0 Å². The third-order valence-corrected chi connectivity index (χ3v) is 5.16. The van der Waals surface area contributed by atoms with Gasteiger partial charge in [-0.1, -0.05) is 42.5 Å². The molecule has 0 radical (unpaired) electrons. The van der Waals surface area contributed by atoms with Gasteiger partial charge in [-0.2, -0.15) is 0 Å². The zero-order chi connectivity index (χ0) is 17.2. The van der Waals surface area contributed by atoms with E-state index < -0.39 is 0 Å². The molecule has 0 bridgehead atoms. The molecule has 0 atom stereocenters. The van der Waals surface area contributed by atoms with Crippen LogP contribution in [0.25, 0.3) is 0 Å². The first-order valence-electron chi connectivity index (χ1n) is 8.42. The molecule has 4 rings (SSSR count). The zero-order valence-electron chi connectivity index (χ0n) is 13.7. The molecule has 2 heterocycles. The van der Waals surface area contributed by atoms with E-state index in [9.17, 15) is 5.11 Å². The Kier molecular flexibility index (Phi) is 4.32. The van der Waals surface area contributed by atoms with Gasteiger partial charge in [0.15, 0.2) is 17.3 Å². The Labute approximate surface area is 152 Å². The van der Waals surface area contributed by atoms with E-state index in [2.05, 4.69) is 35.2 Å². The van der Waals surface area contributed by atoms with Crippen molar-refractivity contribution in [3.8, 4) is 17.2 Å². The van der Waals surface area contributed by atoms with E-state index >= 15 is 0 Å².